The summed E-state index contributed by atoms with van der Waals surface area (Å²) in [6, 6.07) is 20.7. The van der Waals surface area contributed by atoms with Crippen molar-refractivity contribution in [1.29, 1.82) is 0 Å². The van der Waals surface area contributed by atoms with Gasteiger partial charge in [-0.25, -0.2) is 8.42 Å². The SMILES string of the molecule is COc1ccc(NS(=O)(=O)c2ccc3c(c2)[C@H]2C=CC[C@H]2[C@@H](c2cccc(OC4CSC4)c2)N3)cc1. The van der Waals surface area contributed by atoms with Gasteiger partial charge in [0.2, 0.25) is 0 Å². The van der Waals surface area contributed by atoms with Crippen molar-refractivity contribution in [2.45, 2.75) is 29.4 Å². The minimum atomic E-state index is -3.74. The van der Waals surface area contributed by atoms with E-state index in [0.29, 0.717) is 23.5 Å². The zero-order valence-electron chi connectivity index (χ0n) is 19.9. The molecule has 2 aliphatic heterocycles. The van der Waals surface area contributed by atoms with Gasteiger partial charge in [-0.15, -0.1) is 0 Å². The number of sulfonamides is 1. The molecule has 0 spiro atoms. The Balaban J connectivity index is 1.27. The second-order valence-electron chi connectivity index (χ2n) is 9.41. The van der Waals surface area contributed by atoms with Gasteiger partial charge in [0, 0.05) is 28.8 Å². The molecule has 186 valence electrons. The largest absolute Gasteiger partial charge is 0.497 e. The van der Waals surface area contributed by atoms with E-state index in [2.05, 4.69) is 40.4 Å². The van der Waals surface area contributed by atoms with Crippen molar-refractivity contribution in [2.75, 3.05) is 28.7 Å². The van der Waals surface area contributed by atoms with Crippen LogP contribution in [0, 0.1) is 5.92 Å². The summed E-state index contributed by atoms with van der Waals surface area (Å²) >= 11 is 1.91. The zero-order chi connectivity index (χ0) is 24.7. The maximum Gasteiger partial charge on any atom is 0.261 e. The van der Waals surface area contributed by atoms with Gasteiger partial charge in [-0.3, -0.25) is 4.72 Å². The molecule has 0 radical (unpaired) electrons. The molecule has 6 nitrogen and oxygen atoms in total. The Hall–Kier alpha value is -3.10. The van der Waals surface area contributed by atoms with Crippen molar-refractivity contribution in [1.82, 2.24) is 0 Å². The molecular formula is C28H28N2O4S2. The van der Waals surface area contributed by atoms with Crippen LogP contribution in [0.3, 0.4) is 0 Å². The highest BCUT2D eigenvalue weighted by molar-refractivity contribution is 8.00. The van der Waals surface area contributed by atoms with Gasteiger partial charge in [0.1, 0.15) is 17.6 Å². The summed E-state index contributed by atoms with van der Waals surface area (Å²) in [5, 5.41) is 3.71. The molecule has 6 rings (SSSR count). The molecule has 3 aliphatic rings. The predicted molar refractivity (Wildman–Crippen MR) is 145 cm³/mol. The lowest BCUT2D eigenvalue weighted by molar-refractivity contribution is 0.240. The number of allylic oxidation sites excluding steroid dienone is 2. The van der Waals surface area contributed by atoms with E-state index in [-0.39, 0.29) is 16.9 Å². The van der Waals surface area contributed by atoms with Crippen LogP contribution in [0.2, 0.25) is 0 Å². The number of anilines is 2. The van der Waals surface area contributed by atoms with Crippen LogP contribution in [0.1, 0.15) is 29.5 Å². The summed E-state index contributed by atoms with van der Waals surface area (Å²) in [6.07, 6.45) is 5.67. The molecule has 1 fully saturated rings. The van der Waals surface area contributed by atoms with Crippen molar-refractivity contribution in [2.24, 2.45) is 5.92 Å². The van der Waals surface area contributed by atoms with Gasteiger partial charge in [0.25, 0.3) is 10.0 Å². The van der Waals surface area contributed by atoms with E-state index < -0.39 is 10.0 Å². The Morgan fingerprint density at radius 2 is 1.83 bits per heavy atom. The molecule has 0 amide bonds. The van der Waals surface area contributed by atoms with Crippen molar-refractivity contribution in [3.63, 3.8) is 0 Å². The normalized spacial score (nSPS) is 22.6. The minimum Gasteiger partial charge on any atom is -0.497 e. The highest BCUT2D eigenvalue weighted by atomic mass is 32.2. The first-order valence-corrected chi connectivity index (χ1v) is 14.7. The lowest BCUT2D eigenvalue weighted by atomic mass is 9.77. The van der Waals surface area contributed by atoms with Gasteiger partial charge in [-0.1, -0.05) is 24.3 Å². The van der Waals surface area contributed by atoms with Crippen LogP contribution in [0.5, 0.6) is 11.5 Å². The molecular weight excluding hydrogens is 492 g/mol. The molecule has 1 aliphatic carbocycles. The summed E-state index contributed by atoms with van der Waals surface area (Å²) in [6.45, 7) is 0. The highest BCUT2D eigenvalue weighted by Crippen LogP contribution is 2.50. The molecule has 0 saturated carbocycles. The minimum absolute atomic E-state index is 0.122. The second-order valence-corrected chi connectivity index (χ2v) is 12.2. The molecule has 3 atom stereocenters. The average molecular weight is 521 g/mol. The van der Waals surface area contributed by atoms with E-state index >= 15 is 0 Å². The van der Waals surface area contributed by atoms with Gasteiger partial charge < -0.3 is 14.8 Å². The van der Waals surface area contributed by atoms with Crippen molar-refractivity contribution in [3.8, 4) is 11.5 Å². The maximum atomic E-state index is 13.2. The molecule has 8 heteroatoms. The predicted octanol–water partition coefficient (Wildman–Crippen LogP) is 5.82. The van der Waals surface area contributed by atoms with Gasteiger partial charge in [0.15, 0.2) is 0 Å². The summed E-state index contributed by atoms with van der Waals surface area (Å²) in [4.78, 5) is 0.255. The van der Waals surface area contributed by atoms with Crippen LogP contribution in [-0.4, -0.2) is 33.1 Å². The lowest BCUT2D eigenvalue weighted by Crippen LogP contribution is -2.31. The third-order valence-electron chi connectivity index (χ3n) is 7.11. The fourth-order valence-electron chi connectivity index (χ4n) is 5.20. The van der Waals surface area contributed by atoms with Crippen LogP contribution in [0.25, 0.3) is 0 Å². The highest BCUT2D eigenvalue weighted by Gasteiger charge is 2.38. The molecule has 0 unspecified atom stereocenters. The molecule has 36 heavy (non-hydrogen) atoms. The lowest BCUT2D eigenvalue weighted by Gasteiger charge is -2.38. The summed E-state index contributed by atoms with van der Waals surface area (Å²) in [5.74, 6) is 4.14. The van der Waals surface area contributed by atoms with E-state index in [1.54, 1.807) is 37.4 Å². The van der Waals surface area contributed by atoms with Crippen LogP contribution in [0.4, 0.5) is 11.4 Å². The van der Waals surface area contributed by atoms with E-state index in [1.165, 1.54) is 5.56 Å². The Kier molecular flexibility index (Phi) is 6.09. The molecule has 1 saturated heterocycles. The Morgan fingerprint density at radius 1 is 1.00 bits per heavy atom. The number of methoxy groups -OCH3 is 1. The van der Waals surface area contributed by atoms with Crippen LogP contribution >= 0.6 is 11.8 Å². The van der Waals surface area contributed by atoms with Gasteiger partial charge in [-0.2, -0.15) is 11.8 Å². The number of benzene rings is 3. The van der Waals surface area contributed by atoms with Crippen molar-refractivity contribution >= 4 is 33.2 Å². The summed E-state index contributed by atoms with van der Waals surface area (Å²) < 4.78 is 40.3. The number of thioether (sulfide) groups is 1. The molecule has 3 aromatic rings. The van der Waals surface area contributed by atoms with E-state index in [9.17, 15) is 8.42 Å². The van der Waals surface area contributed by atoms with Gasteiger partial charge in [0.05, 0.1) is 18.0 Å². The number of fused-ring (bicyclic) bond motifs is 3. The molecule has 0 bridgehead atoms. The molecule has 2 heterocycles. The third-order valence-corrected chi connectivity index (χ3v) is 9.71. The van der Waals surface area contributed by atoms with Crippen LogP contribution < -0.4 is 19.5 Å². The van der Waals surface area contributed by atoms with Crippen molar-refractivity contribution in [3.05, 3.63) is 90.0 Å². The van der Waals surface area contributed by atoms with Crippen LogP contribution in [-0.2, 0) is 10.0 Å². The Labute approximate surface area is 216 Å². The number of ether oxygens (including phenoxy) is 2. The Bertz CT molecular complexity index is 1400. The van der Waals surface area contributed by atoms with Gasteiger partial charge >= 0.3 is 0 Å². The van der Waals surface area contributed by atoms with E-state index in [4.69, 9.17) is 9.47 Å². The fourth-order valence-corrected chi connectivity index (χ4v) is 6.86. The number of nitrogens with one attached hydrogen (secondary N) is 2. The second kappa shape index (κ2) is 9.41. The van der Waals surface area contributed by atoms with Crippen molar-refractivity contribution < 1.29 is 17.9 Å². The van der Waals surface area contributed by atoms with Crippen LogP contribution in [0.15, 0.2) is 83.8 Å². The third kappa shape index (κ3) is 4.44. The number of hydrogen-bond donors (Lipinski definition) is 2. The zero-order valence-corrected chi connectivity index (χ0v) is 21.5. The summed E-state index contributed by atoms with van der Waals surface area (Å²) in [5.41, 5.74) is 3.68. The standard InChI is InChI=1S/C28H28N2O4S2/c1-33-20-10-8-19(9-11-20)30-36(31,32)23-12-13-27-26(15-23)24-6-3-7-25(24)28(29-27)18-4-2-5-21(14-18)34-22-16-35-17-22/h2-6,8-15,22,24-25,28-30H,7,16-17H2,1H3/t24-,25+,28+/m0/s1. The fraction of sp³-hybridized carbons (Fsp3) is 0.286. The maximum absolute atomic E-state index is 13.2. The number of rotatable bonds is 7. The topological polar surface area (TPSA) is 76.7 Å². The summed E-state index contributed by atoms with van der Waals surface area (Å²) in [7, 11) is -2.16. The first-order chi connectivity index (χ1) is 17.5. The quantitative estimate of drug-likeness (QED) is 0.383. The first-order valence-electron chi connectivity index (χ1n) is 12.1. The van der Waals surface area contributed by atoms with Gasteiger partial charge in [-0.05, 0) is 78.1 Å². The Morgan fingerprint density at radius 3 is 2.58 bits per heavy atom. The van der Waals surface area contributed by atoms with E-state index in [0.717, 1.165) is 34.9 Å². The van der Waals surface area contributed by atoms with E-state index in [1.807, 2.05) is 30.0 Å². The molecule has 3 aromatic carbocycles. The molecule has 0 aromatic heterocycles. The smallest absolute Gasteiger partial charge is 0.261 e. The monoisotopic (exact) mass is 520 g/mol. The first kappa shape index (κ1) is 23.3. The molecule has 2 N–H and O–H groups in total. The number of hydrogen-bond acceptors (Lipinski definition) is 6. The average Bonchev–Trinajstić information content (AvgIpc) is 3.36.